The van der Waals surface area contributed by atoms with Gasteiger partial charge < -0.3 is 5.32 Å². The summed E-state index contributed by atoms with van der Waals surface area (Å²) in [4.78, 5) is 0. The van der Waals surface area contributed by atoms with Crippen LogP contribution in [0.3, 0.4) is 0 Å². The molecule has 1 saturated heterocycles. The van der Waals surface area contributed by atoms with Gasteiger partial charge in [0.25, 0.3) is 0 Å². The Kier molecular flexibility index (Phi) is 3.98. The van der Waals surface area contributed by atoms with Gasteiger partial charge in [0.2, 0.25) is 0 Å². The molecule has 1 aromatic rings. The van der Waals surface area contributed by atoms with Crippen molar-refractivity contribution < 1.29 is 0 Å². The van der Waals surface area contributed by atoms with Gasteiger partial charge in [-0.3, -0.25) is 0 Å². The lowest BCUT2D eigenvalue weighted by atomic mass is 10.0. The van der Waals surface area contributed by atoms with Gasteiger partial charge in [0.1, 0.15) is 0 Å². The molecule has 1 fully saturated rings. The molecular formula is C14H19N. The molecule has 1 aliphatic rings. The van der Waals surface area contributed by atoms with Crippen LogP contribution in [0.5, 0.6) is 0 Å². The van der Waals surface area contributed by atoms with Crippen molar-refractivity contribution in [2.24, 2.45) is 0 Å². The molecular weight excluding hydrogens is 182 g/mol. The topological polar surface area (TPSA) is 12.0 Å². The Balaban J connectivity index is 1.92. The minimum absolute atomic E-state index is 1.09. The predicted molar refractivity (Wildman–Crippen MR) is 64.9 cm³/mol. The van der Waals surface area contributed by atoms with E-state index in [1.54, 1.807) is 5.57 Å². The van der Waals surface area contributed by atoms with Gasteiger partial charge in [-0.05, 0) is 44.3 Å². The lowest BCUT2D eigenvalue weighted by Gasteiger charge is -2.02. The monoisotopic (exact) mass is 201 g/mol. The molecule has 0 radical (unpaired) electrons. The van der Waals surface area contributed by atoms with Gasteiger partial charge >= 0.3 is 0 Å². The summed E-state index contributed by atoms with van der Waals surface area (Å²) in [7, 11) is 0. The minimum Gasteiger partial charge on any atom is -0.316 e. The third kappa shape index (κ3) is 3.52. The van der Waals surface area contributed by atoms with E-state index in [1.165, 1.54) is 31.4 Å². The fraction of sp³-hybridized carbons (Fsp3) is 0.429. The van der Waals surface area contributed by atoms with Crippen LogP contribution < -0.4 is 5.32 Å². The quantitative estimate of drug-likeness (QED) is 0.725. The predicted octanol–water partition coefficient (Wildman–Crippen LogP) is 2.93. The summed E-state index contributed by atoms with van der Waals surface area (Å²) in [6.45, 7) is 2.34. The van der Waals surface area contributed by atoms with Gasteiger partial charge in [-0.25, -0.2) is 0 Å². The van der Waals surface area contributed by atoms with E-state index in [0.29, 0.717) is 0 Å². The average molecular weight is 201 g/mol. The molecule has 0 aromatic heterocycles. The summed E-state index contributed by atoms with van der Waals surface area (Å²) in [5, 5.41) is 3.43. The Labute approximate surface area is 92.2 Å². The van der Waals surface area contributed by atoms with Crippen molar-refractivity contribution in [1.82, 2.24) is 5.32 Å². The molecule has 0 saturated carbocycles. The number of rotatable bonds is 2. The molecule has 0 atom stereocenters. The van der Waals surface area contributed by atoms with Crippen LogP contribution in [0.2, 0.25) is 0 Å². The fourth-order valence-corrected chi connectivity index (χ4v) is 2.02. The van der Waals surface area contributed by atoms with E-state index in [9.17, 15) is 0 Å². The van der Waals surface area contributed by atoms with Crippen LogP contribution in [0.25, 0.3) is 0 Å². The van der Waals surface area contributed by atoms with E-state index in [2.05, 4.69) is 41.7 Å². The van der Waals surface area contributed by atoms with Crippen molar-refractivity contribution in [3.63, 3.8) is 0 Å². The smallest absolute Gasteiger partial charge is 0.00116 e. The first-order chi connectivity index (χ1) is 7.45. The van der Waals surface area contributed by atoms with Crippen LogP contribution in [0, 0.1) is 0 Å². The molecule has 1 aromatic carbocycles. The zero-order valence-electron chi connectivity index (χ0n) is 9.21. The summed E-state index contributed by atoms with van der Waals surface area (Å²) in [6, 6.07) is 10.7. The number of benzene rings is 1. The molecule has 1 heteroatoms. The third-order valence-corrected chi connectivity index (χ3v) is 2.94. The van der Waals surface area contributed by atoms with Crippen LogP contribution in [0.4, 0.5) is 0 Å². The normalized spacial score (nSPS) is 20.1. The van der Waals surface area contributed by atoms with Crippen molar-refractivity contribution in [2.75, 3.05) is 13.1 Å². The van der Waals surface area contributed by atoms with Gasteiger partial charge in [-0.15, -0.1) is 0 Å². The van der Waals surface area contributed by atoms with Gasteiger partial charge in [-0.1, -0.05) is 42.0 Å². The van der Waals surface area contributed by atoms with Crippen LogP contribution in [-0.4, -0.2) is 13.1 Å². The molecule has 1 nitrogen and oxygen atoms in total. The number of nitrogens with one attached hydrogen (secondary N) is 1. The van der Waals surface area contributed by atoms with E-state index in [1.807, 2.05) is 0 Å². The molecule has 1 aliphatic heterocycles. The highest BCUT2D eigenvalue weighted by Crippen LogP contribution is 2.13. The van der Waals surface area contributed by atoms with Crippen molar-refractivity contribution >= 4 is 0 Å². The highest BCUT2D eigenvalue weighted by atomic mass is 14.8. The van der Waals surface area contributed by atoms with Gasteiger partial charge in [0, 0.05) is 0 Å². The average Bonchev–Trinajstić information content (AvgIpc) is 2.56. The Hall–Kier alpha value is -1.08. The molecule has 0 spiro atoms. The fourth-order valence-electron chi connectivity index (χ4n) is 2.02. The van der Waals surface area contributed by atoms with Gasteiger partial charge in [0.15, 0.2) is 0 Å². The van der Waals surface area contributed by atoms with Gasteiger partial charge in [0.05, 0.1) is 0 Å². The minimum atomic E-state index is 1.09. The number of hydrogen-bond donors (Lipinski definition) is 1. The molecule has 0 bridgehead atoms. The zero-order chi connectivity index (χ0) is 10.3. The Morgan fingerprint density at radius 1 is 1.07 bits per heavy atom. The summed E-state index contributed by atoms with van der Waals surface area (Å²) >= 11 is 0. The highest BCUT2D eigenvalue weighted by molar-refractivity contribution is 5.19. The number of allylic oxidation sites excluding steroid dienone is 1. The molecule has 2 rings (SSSR count). The summed E-state index contributed by atoms with van der Waals surface area (Å²) < 4.78 is 0. The molecule has 15 heavy (non-hydrogen) atoms. The maximum Gasteiger partial charge on any atom is -0.00116 e. The maximum absolute atomic E-state index is 3.43. The standard InChI is InChI=1S/C14H19N/c1-2-5-13(6-3-1)8-9-14-7-4-11-15-12-10-14/h1-3,5-6,9,15H,4,7-8,10-12H2/b14-9-. The summed E-state index contributed by atoms with van der Waals surface area (Å²) in [5.41, 5.74) is 3.05. The molecule has 1 heterocycles. The van der Waals surface area contributed by atoms with E-state index in [-0.39, 0.29) is 0 Å². The largest absolute Gasteiger partial charge is 0.316 e. The zero-order valence-corrected chi connectivity index (χ0v) is 9.21. The maximum atomic E-state index is 3.43. The van der Waals surface area contributed by atoms with Crippen molar-refractivity contribution in [3.8, 4) is 0 Å². The molecule has 0 aliphatic carbocycles. The van der Waals surface area contributed by atoms with Crippen LogP contribution in [0.15, 0.2) is 42.0 Å². The second-order valence-electron chi connectivity index (χ2n) is 4.16. The van der Waals surface area contributed by atoms with E-state index in [4.69, 9.17) is 0 Å². The second-order valence-corrected chi connectivity index (χ2v) is 4.16. The molecule has 0 unspecified atom stereocenters. The lowest BCUT2D eigenvalue weighted by molar-refractivity contribution is 0.703. The summed E-state index contributed by atoms with van der Waals surface area (Å²) in [6.07, 6.45) is 7.31. The van der Waals surface area contributed by atoms with Crippen LogP contribution in [-0.2, 0) is 6.42 Å². The first kappa shape index (κ1) is 10.4. The first-order valence-corrected chi connectivity index (χ1v) is 5.88. The van der Waals surface area contributed by atoms with Crippen LogP contribution in [0.1, 0.15) is 24.8 Å². The molecule has 0 amide bonds. The summed E-state index contributed by atoms with van der Waals surface area (Å²) in [5.74, 6) is 0. The third-order valence-electron chi connectivity index (χ3n) is 2.94. The first-order valence-electron chi connectivity index (χ1n) is 5.88. The lowest BCUT2D eigenvalue weighted by Crippen LogP contribution is -2.13. The van der Waals surface area contributed by atoms with E-state index >= 15 is 0 Å². The van der Waals surface area contributed by atoms with Gasteiger partial charge in [-0.2, -0.15) is 0 Å². The van der Waals surface area contributed by atoms with E-state index < -0.39 is 0 Å². The SMILES string of the molecule is C(/Cc1ccccc1)=C1\CCCNCC1. The van der Waals surface area contributed by atoms with E-state index in [0.717, 1.165) is 13.0 Å². The van der Waals surface area contributed by atoms with Crippen molar-refractivity contribution in [3.05, 3.63) is 47.5 Å². The van der Waals surface area contributed by atoms with Crippen molar-refractivity contribution in [1.29, 1.82) is 0 Å². The Morgan fingerprint density at radius 2 is 1.93 bits per heavy atom. The number of hydrogen-bond acceptors (Lipinski definition) is 1. The highest BCUT2D eigenvalue weighted by Gasteiger charge is 2.02. The molecule has 1 N–H and O–H groups in total. The molecule has 80 valence electrons. The van der Waals surface area contributed by atoms with Crippen molar-refractivity contribution in [2.45, 2.75) is 25.7 Å². The second kappa shape index (κ2) is 5.72. The Morgan fingerprint density at radius 3 is 2.80 bits per heavy atom. The van der Waals surface area contributed by atoms with Crippen LogP contribution >= 0.6 is 0 Å². The Bertz CT molecular complexity index is 303.